The average molecular weight is 569 g/mol. The van der Waals surface area contributed by atoms with Crippen LogP contribution < -0.4 is 0 Å². The van der Waals surface area contributed by atoms with Crippen molar-refractivity contribution >= 4 is 0 Å². The summed E-state index contributed by atoms with van der Waals surface area (Å²) >= 11 is 0. The van der Waals surface area contributed by atoms with Crippen molar-refractivity contribution in [2.45, 2.75) is 238 Å². The van der Waals surface area contributed by atoms with E-state index in [2.05, 4.69) is 13.8 Å². The predicted octanol–water partition coefficient (Wildman–Crippen LogP) is 11.6. The molecule has 0 radical (unpaired) electrons. The molecule has 0 saturated heterocycles. The summed E-state index contributed by atoms with van der Waals surface area (Å²) in [6.07, 6.45) is 38.5. The monoisotopic (exact) mass is 569 g/mol. The van der Waals surface area contributed by atoms with Gasteiger partial charge in [0.25, 0.3) is 0 Å². The standard InChI is InChI=1S/C37H76O3/c1-3-5-7-9-11-13-15-17-19-20-22-24-26-28-30-32-34-36(39)37(40)35(38)33-31-29-27-25-23-21-18-16-14-12-10-8-6-4-2/h35-40H,3-34H2,1-2H3. The van der Waals surface area contributed by atoms with Gasteiger partial charge in [0.05, 0.1) is 12.2 Å². The smallest absolute Gasteiger partial charge is 0.106 e. The van der Waals surface area contributed by atoms with Crippen LogP contribution in [0.5, 0.6) is 0 Å². The molecule has 3 N–H and O–H groups in total. The molecule has 0 aromatic carbocycles. The molecule has 242 valence electrons. The van der Waals surface area contributed by atoms with Gasteiger partial charge in [-0.1, -0.05) is 206 Å². The molecule has 3 unspecified atom stereocenters. The quantitative estimate of drug-likeness (QED) is 0.0676. The van der Waals surface area contributed by atoms with E-state index in [0.717, 1.165) is 25.7 Å². The fourth-order valence-electron chi connectivity index (χ4n) is 6.05. The van der Waals surface area contributed by atoms with Crippen LogP contribution in [0.15, 0.2) is 0 Å². The molecule has 0 spiro atoms. The van der Waals surface area contributed by atoms with Crippen LogP contribution in [0.1, 0.15) is 219 Å². The molecular weight excluding hydrogens is 492 g/mol. The van der Waals surface area contributed by atoms with E-state index in [1.807, 2.05) is 0 Å². The first kappa shape index (κ1) is 39.9. The van der Waals surface area contributed by atoms with Crippen molar-refractivity contribution in [3.63, 3.8) is 0 Å². The average Bonchev–Trinajstić information content (AvgIpc) is 2.96. The molecule has 3 atom stereocenters. The fourth-order valence-corrected chi connectivity index (χ4v) is 6.05. The zero-order valence-electron chi connectivity index (χ0n) is 27.7. The second kappa shape index (κ2) is 33.4. The van der Waals surface area contributed by atoms with Crippen LogP contribution in [-0.4, -0.2) is 33.6 Å². The summed E-state index contributed by atoms with van der Waals surface area (Å²) in [5.74, 6) is 0. The van der Waals surface area contributed by atoms with Gasteiger partial charge in [0.2, 0.25) is 0 Å². The van der Waals surface area contributed by atoms with Crippen LogP contribution in [-0.2, 0) is 0 Å². The van der Waals surface area contributed by atoms with Gasteiger partial charge in [0.1, 0.15) is 6.10 Å². The molecule has 0 bridgehead atoms. The normalized spacial score (nSPS) is 14.0. The highest BCUT2D eigenvalue weighted by Crippen LogP contribution is 2.18. The van der Waals surface area contributed by atoms with Crippen molar-refractivity contribution in [3.8, 4) is 0 Å². The largest absolute Gasteiger partial charge is 0.390 e. The molecule has 0 aromatic heterocycles. The SMILES string of the molecule is CCCCCCCCCCCCCCCCCCC(O)C(O)C(O)CCCCCCCCCCCCCCCC. The molecule has 3 heteroatoms. The number of hydrogen-bond donors (Lipinski definition) is 3. The van der Waals surface area contributed by atoms with Crippen LogP contribution in [0.2, 0.25) is 0 Å². The highest BCUT2D eigenvalue weighted by Gasteiger charge is 2.23. The van der Waals surface area contributed by atoms with E-state index >= 15 is 0 Å². The molecule has 0 fully saturated rings. The molecule has 40 heavy (non-hydrogen) atoms. The Kier molecular flexibility index (Phi) is 33.3. The van der Waals surface area contributed by atoms with Gasteiger partial charge in [0, 0.05) is 0 Å². The van der Waals surface area contributed by atoms with Gasteiger partial charge in [0.15, 0.2) is 0 Å². The Bertz CT molecular complexity index is 455. The van der Waals surface area contributed by atoms with E-state index in [1.54, 1.807) is 0 Å². The minimum atomic E-state index is -0.988. The number of aliphatic hydroxyl groups is 3. The Labute approximate surface area is 252 Å². The van der Waals surface area contributed by atoms with E-state index in [4.69, 9.17) is 0 Å². The molecule has 0 rings (SSSR count). The first-order valence-electron chi connectivity index (χ1n) is 18.7. The lowest BCUT2D eigenvalue weighted by Crippen LogP contribution is -2.37. The topological polar surface area (TPSA) is 60.7 Å². The molecule has 0 saturated carbocycles. The summed E-state index contributed by atoms with van der Waals surface area (Å²) in [5, 5.41) is 30.9. The van der Waals surface area contributed by atoms with Crippen molar-refractivity contribution in [2.75, 3.05) is 0 Å². The Hall–Kier alpha value is -0.120. The molecule has 0 aliphatic heterocycles. The lowest BCUT2D eigenvalue weighted by atomic mass is 9.97. The van der Waals surface area contributed by atoms with Gasteiger partial charge < -0.3 is 15.3 Å². The zero-order valence-corrected chi connectivity index (χ0v) is 27.7. The Morgan fingerprint density at radius 2 is 0.450 bits per heavy atom. The van der Waals surface area contributed by atoms with Crippen molar-refractivity contribution in [1.29, 1.82) is 0 Å². The van der Waals surface area contributed by atoms with E-state index < -0.39 is 18.3 Å². The van der Waals surface area contributed by atoms with Gasteiger partial charge in [-0.25, -0.2) is 0 Å². The number of rotatable bonds is 34. The minimum absolute atomic E-state index is 0.606. The van der Waals surface area contributed by atoms with Gasteiger partial charge in [-0.05, 0) is 12.8 Å². The summed E-state index contributed by atoms with van der Waals surface area (Å²) in [7, 11) is 0. The van der Waals surface area contributed by atoms with E-state index in [-0.39, 0.29) is 0 Å². The van der Waals surface area contributed by atoms with E-state index in [1.165, 1.54) is 167 Å². The van der Waals surface area contributed by atoms with Crippen LogP contribution in [0.4, 0.5) is 0 Å². The summed E-state index contributed by atoms with van der Waals surface area (Å²) in [5.41, 5.74) is 0. The third kappa shape index (κ3) is 29.4. The summed E-state index contributed by atoms with van der Waals surface area (Å²) in [6, 6.07) is 0. The first-order valence-corrected chi connectivity index (χ1v) is 18.7. The van der Waals surface area contributed by atoms with Gasteiger partial charge in [-0.15, -0.1) is 0 Å². The van der Waals surface area contributed by atoms with Crippen molar-refractivity contribution < 1.29 is 15.3 Å². The number of unbranched alkanes of at least 4 members (excludes halogenated alkanes) is 28. The summed E-state index contributed by atoms with van der Waals surface area (Å²) in [6.45, 7) is 4.56. The predicted molar refractivity (Wildman–Crippen MR) is 177 cm³/mol. The number of aliphatic hydroxyl groups excluding tert-OH is 3. The highest BCUT2D eigenvalue weighted by atomic mass is 16.4. The maximum Gasteiger partial charge on any atom is 0.106 e. The Balaban J connectivity index is 3.39. The number of hydrogen-bond acceptors (Lipinski definition) is 3. The van der Waals surface area contributed by atoms with Crippen LogP contribution >= 0.6 is 0 Å². The minimum Gasteiger partial charge on any atom is -0.390 e. The lowest BCUT2D eigenvalue weighted by molar-refractivity contribution is -0.0653. The molecular formula is C37H76O3. The fraction of sp³-hybridized carbons (Fsp3) is 1.00. The third-order valence-electron chi connectivity index (χ3n) is 9.00. The summed E-state index contributed by atoms with van der Waals surface area (Å²) < 4.78 is 0. The van der Waals surface area contributed by atoms with Gasteiger partial charge >= 0.3 is 0 Å². The Morgan fingerprint density at radius 1 is 0.275 bits per heavy atom. The van der Waals surface area contributed by atoms with Gasteiger partial charge in [-0.2, -0.15) is 0 Å². The second-order valence-electron chi connectivity index (χ2n) is 13.1. The Morgan fingerprint density at radius 3 is 0.650 bits per heavy atom. The van der Waals surface area contributed by atoms with Crippen molar-refractivity contribution in [1.82, 2.24) is 0 Å². The molecule has 0 aliphatic rings. The van der Waals surface area contributed by atoms with Crippen LogP contribution in [0, 0.1) is 0 Å². The third-order valence-corrected chi connectivity index (χ3v) is 9.00. The maximum atomic E-state index is 10.3. The second-order valence-corrected chi connectivity index (χ2v) is 13.1. The highest BCUT2D eigenvalue weighted by molar-refractivity contribution is 4.75. The van der Waals surface area contributed by atoms with E-state index in [0.29, 0.717) is 12.8 Å². The molecule has 0 heterocycles. The van der Waals surface area contributed by atoms with Crippen molar-refractivity contribution in [2.24, 2.45) is 0 Å². The molecule has 0 aliphatic carbocycles. The van der Waals surface area contributed by atoms with Gasteiger partial charge in [-0.3, -0.25) is 0 Å². The van der Waals surface area contributed by atoms with Crippen LogP contribution in [0.3, 0.4) is 0 Å². The van der Waals surface area contributed by atoms with Crippen LogP contribution in [0.25, 0.3) is 0 Å². The van der Waals surface area contributed by atoms with E-state index in [9.17, 15) is 15.3 Å². The summed E-state index contributed by atoms with van der Waals surface area (Å²) in [4.78, 5) is 0. The molecule has 3 nitrogen and oxygen atoms in total. The maximum absolute atomic E-state index is 10.3. The zero-order chi connectivity index (χ0) is 29.4. The van der Waals surface area contributed by atoms with Crippen molar-refractivity contribution in [3.05, 3.63) is 0 Å². The lowest BCUT2D eigenvalue weighted by Gasteiger charge is -2.23. The first-order chi connectivity index (χ1) is 19.6. The molecule has 0 aromatic rings. The molecule has 0 amide bonds.